The number of amides is 2. The number of carbonyl (C=O) groups is 2. The average Bonchev–Trinajstić information content (AvgIpc) is 3.07. The van der Waals surface area contributed by atoms with Gasteiger partial charge in [-0.3, -0.25) is 9.59 Å². The fourth-order valence-corrected chi connectivity index (χ4v) is 3.12. The average molecular weight is 308 g/mol. The van der Waals surface area contributed by atoms with E-state index >= 15 is 0 Å². The monoisotopic (exact) mass is 308 g/mol. The van der Waals surface area contributed by atoms with E-state index in [1.807, 2.05) is 25.1 Å². The van der Waals surface area contributed by atoms with Crippen LogP contribution in [-0.4, -0.2) is 41.7 Å². The molecule has 2 amide bonds. The van der Waals surface area contributed by atoms with Gasteiger partial charge in [0.2, 0.25) is 12.7 Å². The van der Waals surface area contributed by atoms with E-state index in [9.17, 15) is 9.59 Å². The fraction of sp³-hybridized carbons (Fsp3) is 0.429. The van der Waals surface area contributed by atoms with Gasteiger partial charge in [-0.15, -0.1) is 0 Å². The van der Waals surface area contributed by atoms with Crippen LogP contribution in [0, 0.1) is 0 Å². The summed E-state index contributed by atoms with van der Waals surface area (Å²) in [6.45, 7) is 2.88. The lowest BCUT2D eigenvalue weighted by atomic mass is 10.1. The molecule has 1 N–H and O–H groups in total. The zero-order valence-electron chi connectivity index (χ0n) is 11.6. The van der Waals surface area contributed by atoms with E-state index < -0.39 is 0 Å². The second-order valence-corrected chi connectivity index (χ2v) is 5.98. The zero-order chi connectivity index (χ0) is 14.8. The van der Waals surface area contributed by atoms with Crippen LogP contribution in [0.3, 0.4) is 0 Å². The molecule has 0 spiro atoms. The lowest BCUT2D eigenvalue weighted by Gasteiger charge is -2.18. The highest BCUT2D eigenvalue weighted by Gasteiger charge is 2.24. The first kappa shape index (κ1) is 14.1. The molecule has 2 aliphatic heterocycles. The SMILES string of the molecule is C[C@@H](NC(=O)CN1CCSC1=O)c1ccc2c(c1)OCO2. The third-order valence-corrected chi connectivity index (χ3v) is 4.35. The van der Waals surface area contributed by atoms with Gasteiger partial charge < -0.3 is 19.7 Å². The quantitative estimate of drug-likeness (QED) is 0.918. The molecule has 3 rings (SSSR count). The number of benzene rings is 1. The largest absolute Gasteiger partial charge is 0.454 e. The number of hydrogen-bond donors (Lipinski definition) is 1. The molecule has 0 aromatic heterocycles. The van der Waals surface area contributed by atoms with Crippen molar-refractivity contribution >= 4 is 22.9 Å². The molecule has 0 saturated carbocycles. The molecule has 112 valence electrons. The van der Waals surface area contributed by atoms with Crippen LogP contribution in [0.4, 0.5) is 4.79 Å². The van der Waals surface area contributed by atoms with Gasteiger partial charge in [-0.2, -0.15) is 0 Å². The summed E-state index contributed by atoms with van der Waals surface area (Å²) in [6, 6.07) is 5.44. The van der Waals surface area contributed by atoms with Crippen LogP contribution in [0.5, 0.6) is 11.5 Å². The highest BCUT2D eigenvalue weighted by Crippen LogP contribution is 2.34. The van der Waals surface area contributed by atoms with E-state index in [2.05, 4.69) is 5.32 Å². The van der Waals surface area contributed by atoms with Gasteiger partial charge in [0.15, 0.2) is 11.5 Å². The van der Waals surface area contributed by atoms with Crippen molar-refractivity contribution in [3.05, 3.63) is 23.8 Å². The Morgan fingerprint density at radius 1 is 1.43 bits per heavy atom. The minimum absolute atomic E-state index is 0.0270. The first-order valence-corrected chi connectivity index (χ1v) is 7.72. The van der Waals surface area contributed by atoms with E-state index in [1.165, 1.54) is 11.8 Å². The molecule has 7 heteroatoms. The second-order valence-electron chi connectivity index (χ2n) is 4.94. The molecule has 1 saturated heterocycles. The molecule has 0 radical (unpaired) electrons. The maximum atomic E-state index is 12.0. The molecular formula is C14H16N2O4S. The van der Waals surface area contributed by atoms with Gasteiger partial charge in [0.25, 0.3) is 5.24 Å². The van der Waals surface area contributed by atoms with Crippen LogP contribution in [0.15, 0.2) is 18.2 Å². The molecule has 0 unspecified atom stereocenters. The topological polar surface area (TPSA) is 67.9 Å². The molecule has 0 aliphatic carbocycles. The second kappa shape index (κ2) is 5.85. The summed E-state index contributed by atoms with van der Waals surface area (Å²) >= 11 is 1.25. The minimum atomic E-state index is -0.156. The van der Waals surface area contributed by atoms with Crippen LogP contribution in [0.2, 0.25) is 0 Å². The summed E-state index contributed by atoms with van der Waals surface area (Å²) in [4.78, 5) is 25.0. The standard InChI is InChI=1S/C14H16N2O4S/c1-9(10-2-3-11-12(6-10)20-8-19-11)15-13(17)7-16-4-5-21-14(16)18/h2-3,6,9H,4-5,7-8H2,1H3,(H,15,17)/t9-/m1/s1. The molecule has 1 aromatic carbocycles. The lowest BCUT2D eigenvalue weighted by Crippen LogP contribution is -2.38. The van der Waals surface area contributed by atoms with Crippen molar-refractivity contribution < 1.29 is 19.1 Å². The molecule has 2 aliphatic rings. The van der Waals surface area contributed by atoms with Crippen molar-refractivity contribution in [2.45, 2.75) is 13.0 Å². The van der Waals surface area contributed by atoms with Gasteiger partial charge in [-0.1, -0.05) is 17.8 Å². The van der Waals surface area contributed by atoms with Crippen LogP contribution in [0.25, 0.3) is 0 Å². The number of carbonyl (C=O) groups excluding carboxylic acids is 2. The number of nitrogens with zero attached hydrogens (tertiary/aromatic N) is 1. The normalized spacial score (nSPS) is 18.0. The Labute approximate surface area is 126 Å². The Balaban J connectivity index is 1.59. The molecule has 0 bridgehead atoms. The van der Waals surface area contributed by atoms with E-state index in [-0.39, 0.29) is 30.5 Å². The molecule has 2 heterocycles. The number of nitrogens with one attached hydrogen (secondary N) is 1. The van der Waals surface area contributed by atoms with Crippen LogP contribution >= 0.6 is 11.8 Å². The lowest BCUT2D eigenvalue weighted by molar-refractivity contribution is -0.122. The summed E-state index contributed by atoms with van der Waals surface area (Å²) in [5.41, 5.74) is 0.940. The van der Waals surface area contributed by atoms with Gasteiger partial charge in [0.05, 0.1) is 6.04 Å². The maximum Gasteiger partial charge on any atom is 0.282 e. The van der Waals surface area contributed by atoms with Crippen molar-refractivity contribution in [3.63, 3.8) is 0 Å². The molecule has 6 nitrogen and oxygen atoms in total. The number of hydrogen-bond acceptors (Lipinski definition) is 5. The summed E-state index contributed by atoms with van der Waals surface area (Å²) in [5.74, 6) is 2.01. The first-order chi connectivity index (χ1) is 10.1. The zero-order valence-corrected chi connectivity index (χ0v) is 12.4. The van der Waals surface area contributed by atoms with E-state index in [4.69, 9.17) is 9.47 Å². The maximum absolute atomic E-state index is 12.0. The van der Waals surface area contributed by atoms with E-state index in [0.717, 1.165) is 17.1 Å². The molecular weight excluding hydrogens is 292 g/mol. The summed E-state index contributed by atoms with van der Waals surface area (Å²) in [7, 11) is 0. The third-order valence-electron chi connectivity index (χ3n) is 3.45. The molecule has 1 atom stereocenters. The van der Waals surface area contributed by atoms with Crippen LogP contribution < -0.4 is 14.8 Å². The Morgan fingerprint density at radius 3 is 3.00 bits per heavy atom. The summed E-state index contributed by atoms with van der Waals surface area (Å²) in [5, 5.41) is 2.87. The number of thioether (sulfide) groups is 1. The van der Waals surface area contributed by atoms with Crippen LogP contribution in [0.1, 0.15) is 18.5 Å². The predicted octanol–water partition coefficient (Wildman–Crippen LogP) is 1.76. The molecule has 21 heavy (non-hydrogen) atoms. The third kappa shape index (κ3) is 3.07. The van der Waals surface area contributed by atoms with Gasteiger partial charge in [-0.25, -0.2) is 0 Å². The Hall–Kier alpha value is -1.89. The Morgan fingerprint density at radius 2 is 2.24 bits per heavy atom. The van der Waals surface area contributed by atoms with Crippen molar-refractivity contribution in [2.24, 2.45) is 0 Å². The van der Waals surface area contributed by atoms with Crippen molar-refractivity contribution in [1.29, 1.82) is 0 Å². The van der Waals surface area contributed by atoms with Gasteiger partial charge in [-0.05, 0) is 24.6 Å². The first-order valence-electron chi connectivity index (χ1n) is 6.74. The van der Waals surface area contributed by atoms with Gasteiger partial charge in [0, 0.05) is 12.3 Å². The Kier molecular flexibility index (Phi) is 3.92. The van der Waals surface area contributed by atoms with Gasteiger partial charge >= 0.3 is 0 Å². The van der Waals surface area contributed by atoms with Crippen LogP contribution in [-0.2, 0) is 4.79 Å². The summed E-state index contributed by atoms with van der Waals surface area (Å²) in [6.07, 6.45) is 0. The van der Waals surface area contributed by atoms with Gasteiger partial charge in [0.1, 0.15) is 6.54 Å². The minimum Gasteiger partial charge on any atom is -0.454 e. The highest BCUT2D eigenvalue weighted by molar-refractivity contribution is 8.13. The summed E-state index contributed by atoms with van der Waals surface area (Å²) < 4.78 is 10.6. The fourth-order valence-electron chi connectivity index (χ4n) is 2.30. The van der Waals surface area contributed by atoms with E-state index in [0.29, 0.717) is 12.3 Å². The number of rotatable bonds is 4. The van der Waals surface area contributed by atoms with Crippen molar-refractivity contribution in [1.82, 2.24) is 10.2 Å². The van der Waals surface area contributed by atoms with Crippen molar-refractivity contribution in [2.75, 3.05) is 25.6 Å². The Bertz CT molecular complexity index is 578. The van der Waals surface area contributed by atoms with E-state index in [1.54, 1.807) is 4.90 Å². The smallest absolute Gasteiger partial charge is 0.282 e. The highest BCUT2D eigenvalue weighted by atomic mass is 32.2. The number of ether oxygens (including phenoxy) is 2. The van der Waals surface area contributed by atoms with Crippen molar-refractivity contribution in [3.8, 4) is 11.5 Å². The number of fused-ring (bicyclic) bond motifs is 1. The molecule has 1 aromatic rings. The molecule has 1 fully saturated rings. The predicted molar refractivity (Wildman–Crippen MR) is 78.5 cm³/mol.